The highest BCUT2D eigenvalue weighted by molar-refractivity contribution is 5.86. The van der Waals surface area contributed by atoms with Gasteiger partial charge in [0.15, 0.2) is 0 Å². The van der Waals surface area contributed by atoms with Crippen molar-refractivity contribution in [2.24, 2.45) is 11.8 Å². The monoisotopic (exact) mass is 310 g/mol. The summed E-state index contributed by atoms with van der Waals surface area (Å²) in [5, 5.41) is 0. The average molecular weight is 310 g/mol. The standard InChI is InChI=1S/C19H34O3/c1-5-6-7-10-17-11-8-9-12-18(17)21-13-16(4)14-22-19(20)15(2)3/h16-18H,2,5-14H2,1,3-4H3. The number of rotatable bonds is 10. The molecule has 0 N–H and O–H groups in total. The number of ether oxygens (including phenoxy) is 2. The normalized spacial score (nSPS) is 23.0. The molecule has 3 unspecified atom stereocenters. The molecule has 1 fully saturated rings. The highest BCUT2D eigenvalue weighted by Crippen LogP contribution is 2.31. The van der Waals surface area contributed by atoms with Crippen LogP contribution in [0.5, 0.6) is 0 Å². The van der Waals surface area contributed by atoms with Gasteiger partial charge in [0.25, 0.3) is 0 Å². The van der Waals surface area contributed by atoms with E-state index in [4.69, 9.17) is 9.47 Å². The molecule has 0 aromatic rings. The molecule has 22 heavy (non-hydrogen) atoms. The molecule has 128 valence electrons. The van der Waals surface area contributed by atoms with Gasteiger partial charge in [-0.15, -0.1) is 0 Å². The van der Waals surface area contributed by atoms with Gasteiger partial charge >= 0.3 is 5.97 Å². The van der Waals surface area contributed by atoms with Gasteiger partial charge in [0.2, 0.25) is 0 Å². The van der Waals surface area contributed by atoms with Gasteiger partial charge in [-0.1, -0.05) is 52.5 Å². The van der Waals surface area contributed by atoms with Crippen LogP contribution in [0, 0.1) is 11.8 Å². The summed E-state index contributed by atoms with van der Waals surface area (Å²) in [5.41, 5.74) is 0.455. The smallest absolute Gasteiger partial charge is 0.333 e. The fraction of sp³-hybridized carbons (Fsp3) is 0.842. The second-order valence-corrected chi connectivity index (χ2v) is 6.90. The Kier molecular flexibility index (Phi) is 9.45. The van der Waals surface area contributed by atoms with Crippen LogP contribution >= 0.6 is 0 Å². The van der Waals surface area contributed by atoms with E-state index in [-0.39, 0.29) is 11.9 Å². The molecule has 1 rings (SSSR count). The van der Waals surface area contributed by atoms with Crippen molar-refractivity contribution < 1.29 is 14.3 Å². The molecule has 0 radical (unpaired) electrons. The summed E-state index contributed by atoms with van der Waals surface area (Å²) in [4.78, 5) is 11.4. The van der Waals surface area contributed by atoms with Gasteiger partial charge in [-0.25, -0.2) is 4.79 Å². The fourth-order valence-corrected chi connectivity index (χ4v) is 3.06. The first kappa shape index (κ1) is 19.2. The van der Waals surface area contributed by atoms with Crippen LogP contribution in [0.3, 0.4) is 0 Å². The summed E-state index contributed by atoms with van der Waals surface area (Å²) in [6, 6.07) is 0. The maximum atomic E-state index is 11.4. The first-order valence-corrected chi connectivity index (χ1v) is 8.98. The molecule has 0 aromatic heterocycles. The molecule has 3 atom stereocenters. The van der Waals surface area contributed by atoms with E-state index in [0.29, 0.717) is 24.9 Å². The Morgan fingerprint density at radius 3 is 2.64 bits per heavy atom. The fourth-order valence-electron chi connectivity index (χ4n) is 3.06. The van der Waals surface area contributed by atoms with Crippen LogP contribution < -0.4 is 0 Å². The number of carbonyl (C=O) groups excluding carboxylic acids is 1. The van der Waals surface area contributed by atoms with Crippen LogP contribution in [-0.2, 0) is 14.3 Å². The zero-order valence-electron chi connectivity index (χ0n) is 14.7. The minimum absolute atomic E-state index is 0.238. The van der Waals surface area contributed by atoms with Crippen molar-refractivity contribution in [2.75, 3.05) is 13.2 Å². The number of carbonyl (C=O) groups is 1. The third-order valence-corrected chi connectivity index (χ3v) is 4.46. The van der Waals surface area contributed by atoms with E-state index < -0.39 is 0 Å². The van der Waals surface area contributed by atoms with Gasteiger partial charge in [-0.05, 0) is 32.1 Å². The predicted octanol–water partition coefficient (Wildman–Crippen LogP) is 4.90. The van der Waals surface area contributed by atoms with Gasteiger partial charge in [-0.3, -0.25) is 0 Å². The summed E-state index contributed by atoms with van der Waals surface area (Å²) in [6.07, 6.45) is 10.8. The van der Waals surface area contributed by atoms with Crippen LogP contribution in [0.25, 0.3) is 0 Å². The van der Waals surface area contributed by atoms with Crippen molar-refractivity contribution in [1.82, 2.24) is 0 Å². The Morgan fingerprint density at radius 2 is 1.95 bits per heavy atom. The molecule has 0 aromatic carbocycles. The molecule has 3 nitrogen and oxygen atoms in total. The van der Waals surface area contributed by atoms with Crippen LogP contribution in [-0.4, -0.2) is 25.3 Å². The van der Waals surface area contributed by atoms with E-state index in [9.17, 15) is 4.79 Å². The first-order chi connectivity index (χ1) is 10.5. The number of hydrogen-bond acceptors (Lipinski definition) is 3. The predicted molar refractivity (Wildman–Crippen MR) is 90.8 cm³/mol. The van der Waals surface area contributed by atoms with Crippen molar-refractivity contribution in [3.8, 4) is 0 Å². The Hall–Kier alpha value is -0.830. The van der Waals surface area contributed by atoms with Gasteiger partial charge in [0, 0.05) is 11.5 Å². The van der Waals surface area contributed by atoms with Crippen LogP contribution in [0.2, 0.25) is 0 Å². The minimum Gasteiger partial charge on any atom is -0.462 e. The molecule has 0 saturated heterocycles. The summed E-state index contributed by atoms with van der Waals surface area (Å²) < 4.78 is 11.4. The SMILES string of the molecule is C=C(C)C(=O)OCC(C)COC1CCCCC1CCCCC. The van der Waals surface area contributed by atoms with Crippen LogP contribution in [0.1, 0.15) is 72.1 Å². The maximum Gasteiger partial charge on any atom is 0.333 e. The summed E-state index contributed by atoms with van der Waals surface area (Å²) >= 11 is 0. The number of esters is 1. The quantitative estimate of drug-likeness (QED) is 0.327. The highest BCUT2D eigenvalue weighted by Gasteiger charge is 2.25. The lowest BCUT2D eigenvalue weighted by molar-refractivity contribution is -0.141. The third-order valence-electron chi connectivity index (χ3n) is 4.46. The molecular formula is C19H34O3. The molecule has 1 aliphatic carbocycles. The lowest BCUT2D eigenvalue weighted by Gasteiger charge is -2.32. The average Bonchev–Trinajstić information content (AvgIpc) is 2.51. The largest absolute Gasteiger partial charge is 0.462 e. The van der Waals surface area contributed by atoms with Gasteiger partial charge in [-0.2, -0.15) is 0 Å². The van der Waals surface area contributed by atoms with E-state index in [0.717, 1.165) is 5.92 Å². The Balaban J connectivity index is 2.27. The molecule has 1 saturated carbocycles. The molecule has 0 heterocycles. The van der Waals surface area contributed by atoms with Crippen molar-refractivity contribution in [3.63, 3.8) is 0 Å². The van der Waals surface area contributed by atoms with Crippen molar-refractivity contribution >= 4 is 5.97 Å². The summed E-state index contributed by atoms with van der Waals surface area (Å²) in [7, 11) is 0. The molecule has 3 heteroatoms. The van der Waals surface area contributed by atoms with Crippen molar-refractivity contribution in [1.29, 1.82) is 0 Å². The Labute approximate surface area is 136 Å². The van der Waals surface area contributed by atoms with E-state index >= 15 is 0 Å². The minimum atomic E-state index is -0.304. The Bertz CT molecular complexity index is 338. The van der Waals surface area contributed by atoms with Gasteiger partial charge < -0.3 is 9.47 Å². The molecule has 1 aliphatic rings. The van der Waals surface area contributed by atoms with E-state index in [1.165, 1.54) is 51.4 Å². The van der Waals surface area contributed by atoms with Gasteiger partial charge in [0.05, 0.1) is 19.3 Å². The summed E-state index contributed by atoms with van der Waals surface area (Å²) in [6.45, 7) is 10.7. The zero-order valence-corrected chi connectivity index (χ0v) is 14.7. The van der Waals surface area contributed by atoms with E-state index in [1.54, 1.807) is 6.92 Å². The molecule has 0 amide bonds. The summed E-state index contributed by atoms with van der Waals surface area (Å²) in [5.74, 6) is 0.661. The molecule has 0 aliphatic heterocycles. The first-order valence-electron chi connectivity index (χ1n) is 8.98. The molecular weight excluding hydrogens is 276 g/mol. The van der Waals surface area contributed by atoms with Crippen LogP contribution in [0.4, 0.5) is 0 Å². The molecule has 0 bridgehead atoms. The van der Waals surface area contributed by atoms with Gasteiger partial charge in [0.1, 0.15) is 0 Å². The van der Waals surface area contributed by atoms with Crippen molar-refractivity contribution in [2.45, 2.75) is 78.2 Å². The lowest BCUT2D eigenvalue weighted by atomic mass is 9.83. The number of unbranched alkanes of at least 4 members (excludes halogenated alkanes) is 2. The van der Waals surface area contributed by atoms with E-state index in [1.807, 2.05) is 0 Å². The zero-order chi connectivity index (χ0) is 16.4. The maximum absolute atomic E-state index is 11.4. The van der Waals surface area contributed by atoms with Crippen LogP contribution in [0.15, 0.2) is 12.2 Å². The number of hydrogen-bond donors (Lipinski definition) is 0. The van der Waals surface area contributed by atoms with E-state index in [2.05, 4.69) is 20.4 Å². The van der Waals surface area contributed by atoms with Crippen molar-refractivity contribution in [3.05, 3.63) is 12.2 Å². The third kappa shape index (κ3) is 7.44. The Morgan fingerprint density at radius 1 is 1.23 bits per heavy atom. The molecule has 0 spiro atoms. The highest BCUT2D eigenvalue weighted by atomic mass is 16.5. The topological polar surface area (TPSA) is 35.5 Å². The lowest BCUT2D eigenvalue weighted by Crippen LogP contribution is -2.30. The second-order valence-electron chi connectivity index (χ2n) is 6.90. The second kappa shape index (κ2) is 10.8.